The average molecular weight is 366 g/mol. The summed E-state index contributed by atoms with van der Waals surface area (Å²) in [5.41, 5.74) is 6.79. The van der Waals surface area contributed by atoms with Crippen molar-refractivity contribution in [2.45, 2.75) is 65.4 Å². The molecule has 4 heteroatoms. The summed E-state index contributed by atoms with van der Waals surface area (Å²) in [7, 11) is 0. The van der Waals surface area contributed by atoms with Crippen LogP contribution in [0.25, 0.3) is 5.57 Å². The third-order valence-electron chi connectivity index (χ3n) is 6.45. The molecule has 0 fully saturated rings. The molecule has 0 heterocycles. The maximum Gasteiger partial charge on any atom is 0.308 e. The van der Waals surface area contributed by atoms with Crippen molar-refractivity contribution in [1.82, 2.24) is 0 Å². The molecule has 0 bridgehead atoms. The highest BCUT2D eigenvalue weighted by molar-refractivity contribution is 5.80. The van der Waals surface area contributed by atoms with Crippen molar-refractivity contribution in [3.05, 3.63) is 46.5 Å². The summed E-state index contributed by atoms with van der Waals surface area (Å²) < 4.78 is 11.0. The molecule has 142 valence electrons. The Morgan fingerprint density at radius 3 is 2.63 bits per heavy atom. The van der Waals surface area contributed by atoms with Crippen LogP contribution in [-0.2, 0) is 20.7 Å². The first kappa shape index (κ1) is 18.0. The molecule has 0 saturated carbocycles. The quantitative estimate of drug-likeness (QED) is 0.571. The third kappa shape index (κ3) is 2.91. The van der Waals surface area contributed by atoms with Gasteiger partial charge in [-0.25, -0.2) is 0 Å². The predicted molar refractivity (Wildman–Crippen MR) is 103 cm³/mol. The van der Waals surface area contributed by atoms with Gasteiger partial charge in [0.2, 0.25) is 0 Å². The second kappa shape index (κ2) is 6.66. The molecule has 27 heavy (non-hydrogen) atoms. The van der Waals surface area contributed by atoms with E-state index in [-0.39, 0.29) is 23.5 Å². The van der Waals surface area contributed by atoms with E-state index in [1.807, 2.05) is 12.1 Å². The van der Waals surface area contributed by atoms with Crippen molar-refractivity contribution in [2.24, 2.45) is 5.41 Å². The number of esters is 2. The molecule has 1 aromatic rings. The van der Waals surface area contributed by atoms with Crippen LogP contribution in [0.2, 0.25) is 0 Å². The Hall–Kier alpha value is -2.36. The number of fused-ring (bicyclic) bond motifs is 4. The molecule has 0 unspecified atom stereocenters. The van der Waals surface area contributed by atoms with Gasteiger partial charge in [-0.3, -0.25) is 9.59 Å². The van der Waals surface area contributed by atoms with Crippen molar-refractivity contribution in [3.8, 4) is 5.75 Å². The van der Waals surface area contributed by atoms with Crippen molar-refractivity contribution in [3.63, 3.8) is 0 Å². The zero-order valence-corrected chi connectivity index (χ0v) is 16.3. The largest absolute Gasteiger partial charge is 0.461 e. The van der Waals surface area contributed by atoms with Crippen molar-refractivity contribution >= 4 is 17.5 Å². The molecule has 3 aliphatic rings. The Labute approximate surface area is 160 Å². The van der Waals surface area contributed by atoms with E-state index in [1.165, 1.54) is 41.7 Å². The van der Waals surface area contributed by atoms with Gasteiger partial charge in [0.05, 0.1) is 0 Å². The van der Waals surface area contributed by atoms with Crippen molar-refractivity contribution in [1.29, 1.82) is 0 Å². The summed E-state index contributed by atoms with van der Waals surface area (Å²) in [6.45, 7) is 5.15. The van der Waals surface area contributed by atoms with E-state index in [0.717, 1.165) is 38.5 Å². The van der Waals surface area contributed by atoms with Gasteiger partial charge in [-0.15, -0.1) is 0 Å². The molecule has 0 spiro atoms. The van der Waals surface area contributed by atoms with Crippen molar-refractivity contribution in [2.75, 3.05) is 0 Å². The van der Waals surface area contributed by atoms with E-state index < -0.39 is 0 Å². The van der Waals surface area contributed by atoms with Crippen molar-refractivity contribution < 1.29 is 19.1 Å². The van der Waals surface area contributed by atoms with Crippen LogP contribution in [0.5, 0.6) is 5.75 Å². The lowest BCUT2D eigenvalue weighted by atomic mass is 9.63. The monoisotopic (exact) mass is 366 g/mol. The lowest BCUT2D eigenvalue weighted by Crippen LogP contribution is -2.38. The Morgan fingerprint density at radius 2 is 1.93 bits per heavy atom. The molecular formula is C23H26O4. The van der Waals surface area contributed by atoms with Crippen LogP contribution in [0.4, 0.5) is 0 Å². The molecular weight excluding hydrogens is 340 g/mol. The zero-order chi connectivity index (χ0) is 19.2. The van der Waals surface area contributed by atoms with Gasteiger partial charge < -0.3 is 9.47 Å². The highest BCUT2D eigenvalue weighted by Gasteiger charge is 2.49. The summed E-state index contributed by atoms with van der Waals surface area (Å²) in [6, 6.07) is 6.00. The number of carbonyl (C=O) groups is 2. The smallest absolute Gasteiger partial charge is 0.308 e. The Bertz CT molecular complexity index is 876. The zero-order valence-electron chi connectivity index (χ0n) is 16.3. The third-order valence-corrected chi connectivity index (χ3v) is 6.45. The van der Waals surface area contributed by atoms with Crippen LogP contribution in [0.1, 0.15) is 64.0 Å². The fraction of sp³-hybridized carbons (Fsp3) is 0.478. The van der Waals surface area contributed by atoms with Gasteiger partial charge in [-0.1, -0.05) is 19.1 Å². The number of carbonyl (C=O) groups excluding carboxylic acids is 2. The standard InChI is InChI=1S/C23H26O4/c1-4-23-12-11-19-18-8-6-17(26-14(2)24)13-16(18)5-7-20(19)21(23)9-10-22(23)27-15(3)25/h6,8-9,13,22H,4-5,7,10-12H2,1-3H3/t22-,23+/m0/s1. The molecule has 0 radical (unpaired) electrons. The summed E-state index contributed by atoms with van der Waals surface area (Å²) in [4.78, 5) is 22.8. The molecule has 1 aromatic carbocycles. The van der Waals surface area contributed by atoms with Gasteiger partial charge >= 0.3 is 11.9 Å². The normalized spacial score (nSPS) is 25.9. The van der Waals surface area contributed by atoms with Crippen LogP contribution in [0, 0.1) is 5.41 Å². The van der Waals surface area contributed by atoms with E-state index in [2.05, 4.69) is 19.1 Å². The summed E-state index contributed by atoms with van der Waals surface area (Å²) >= 11 is 0. The Kier molecular flexibility index (Phi) is 4.45. The van der Waals surface area contributed by atoms with Gasteiger partial charge in [-0.05, 0) is 72.1 Å². The van der Waals surface area contributed by atoms with Crippen LogP contribution >= 0.6 is 0 Å². The SMILES string of the molecule is CC[C@@]12CCC3=C(CCc4cc(OC(C)=O)ccc43)C1=CC[C@@H]2OC(C)=O. The molecule has 0 N–H and O–H groups in total. The number of ether oxygens (including phenoxy) is 2. The topological polar surface area (TPSA) is 52.6 Å². The molecule has 3 aliphatic carbocycles. The van der Waals surface area contributed by atoms with E-state index >= 15 is 0 Å². The number of hydrogen-bond acceptors (Lipinski definition) is 4. The minimum atomic E-state index is -0.288. The number of allylic oxidation sites excluding steroid dienone is 2. The van der Waals surface area contributed by atoms with Gasteiger partial charge in [0, 0.05) is 25.7 Å². The molecule has 2 atom stereocenters. The van der Waals surface area contributed by atoms with Gasteiger partial charge in [0.15, 0.2) is 0 Å². The van der Waals surface area contributed by atoms with Crippen LogP contribution < -0.4 is 4.74 Å². The van der Waals surface area contributed by atoms with E-state index in [1.54, 1.807) is 0 Å². The number of benzene rings is 1. The minimum Gasteiger partial charge on any atom is -0.461 e. The lowest BCUT2D eigenvalue weighted by molar-refractivity contribution is -0.151. The van der Waals surface area contributed by atoms with Crippen LogP contribution in [0.15, 0.2) is 35.4 Å². The van der Waals surface area contributed by atoms with Gasteiger partial charge in [0.1, 0.15) is 11.9 Å². The summed E-state index contributed by atoms with van der Waals surface area (Å²) in [6.07, 6.45) is 8.03. The Balaban J connectivity index is 1.71. The average Bonchev–Trinajstić information content (AvgIpc) is 2.99. The molecule has 0 aromatic heterocycles. The fourth-order valence-corrected chi connectivity index (χ4v) is 5.31. The highest BCUT2D eigenvalue weighted by Crippen LogP contribution is 2.58. The fourth-order valence-electron chi connectivity index (χ4n) is 5.31. The van der Waals surface area contributed by atoms with Crippen LogP contribution in [-0.4, -0.2) is 18.0 Å². The minimum absolute atomic E-state index is 0.0281. The molecule has 4 nitrogen and oxygen atoms in total. The Morgan fingerprint density at radius 1 is 1.11 bits per heavy atom. The van der Waals surface area contributed by atoms with E-state index in [0.29, 0.717) is 5.75 Å². The van der Waals surface area contributed by atoms with Gasteiger partial charge in [0.25, 0.3) is 0 Å². The summed E-state index contributed by atoms with van der Waals surface area (Å²) in [5.74, 6) is 0.150. The maximum absolute atomic E-state index is 11.6. The second-order valence-electron chi connectivity index (χ2n) is 7.83. The van der Waals surface area contributed by atoms with Gasteiger partial charge in [-0.2, -0.15) is 0 Å². The molecule has 0 aliphatic heterocycles. The number of rotatable bonds is 3. The first-order chi connectivity index (χ1) is 12.9. The number of hydrogen-bond donors (Lipinski definition) is 0. The lowest BCUT2D eigenvalue weighted by Gasteiger charge is -2.43. The summed E-state index contributed by atoms with van der Waals surface area (Å²) in [5, 5.41) is 0. The van der Waals surface area contributed by atoms with E-state index in [9.17, 15) is 9.59 Å². The maximum atomic E-state index is 11.6. The second-order valence-corrected chi connectivity index (χ2v) is 7.83. The number of aryl methyl sites for hydroxylation is 1. The molecule has 0 saturated heterocycles. The predicted octanol–water partition coefficient (Wildman–Crippen LogP) is 4.76. The first-order valence-electron chi connectivity index (χ1n) is 9.86. The van der Waals surface area contributed by atoms with E-state index in [4.69, 9.17) is 9.47 Å². The highest BCUT2D eigenvalue weighted by atomic mass is 16.5. The molecule has 0 amide bonds. The molecule has 4 rings (SSSR count). The van der Waals surface area contributed by atoms with Crippen LogP contribution in [0.3, 0.4) is 0 Å². The first-order valence-corrected chi connectivity index (χ1v) is 9.86.